The topological polar surface area (TPSA) is 146 Å². The van der Waals surface area contributed by atoms with Gasteiger partial charge in [-0.2, -0.15) is 9.97 Å². The van der Waals surface area contributed by atoms with Gasteiger partial charge in [0.15, 0.2) is 0 Å². The van der Waals surface area contributed by atoms with Crippen molar-refractivity contribution < 1.29 is 46.2 Å². The smallest absolute Gasteiger partial charge is 0.356 e. The number of benzene rings is 1. The molecule has 1 N–H and O–H groups in total. The highest BCUT2D eigenvalue weighted by molar-refractivity contribution is 7.53. The van der Waals surface area contributed by atoms with Crippen molar-refractivity contribution in [1.82, 2.24) is 9.97 Å². The van der Waals surface area contributed by atoms with E-state index in [2.05, 4.69) is 15.3 Å². The second-order valence-corrected chi connectivity index (χ2v) is 14.6. The quantitative estimate of drug-likeness (QED) is 0.0976. The molecule has 250 valence electrons. The van der Waals surface area contributed by atoms with Crippen LogP contribution in [0.4, 0.5) is 5.95 Å². The summed E-state index contributed by atoms with van der Waals surface area (Å²) in [6.45, 7) is 15.2. The van der Waals surface area contributed by atoms with E-state index in [-0.39, 0.29) is 75.3 Å². The molecule has 0 atom stereocenters. The Labute approximate surface area is 261 Å². The van der Waals surface area contributed by atoms with Crippen LogP contribution in [0.2, 0.25) is 0 Å². The standard InChI is InChI=1S/C29H49N3O10P2/c1-22(2)39-43(33,40-23(3)4)20-35-14-16-37-27-18-28(32-29(31-27)30-19-26-12-10-9-11-13-26)38-17-15-36-21-44(34,41-24(5)6)42-25(7)8/h9-13,18,22-25H,14-17,19-21H2,1-8H3,(H,30,31,32). The Morgan fingerprint density at radius 2 is 1.05 bits per heavy atom. The van der Waals surface area contributed by atoms with E-state index in [9.17, 15) is 9.13 Å². The predicted octanol–water partition coefficient (Wildman–Crippen LogP) is 6.88. The highest BCUT2D eigenvalue weighted by Crippen LogP contribution is 2.51. The molecule has 44 heavy (non-hydrogen) atoms. The molecule has 0 bridgehead atoms. The van der Waals surface area contributed by atoms with Crippen LogP contribution in [0.15, 0.2) is 36.4 Å². The van der Waals surface area contributed by atoms with Crippen LogP contribution in [-0.2, 0) is 43.2 Å². The Morgan fingerprint density at radius 3 is 1.43 bits per heavy atom. The molecule has 2 aromatic rings. The first kappa shape index (κ1) is 38.1. The van der Waals surface area contributed by atoms with Crippen LogP contribution in [0.1, 0.15) is 61.0 Å². The normalized spacial score (nSPS) is 12.5. The fraction of sp³-hybridized carbons (Fsp3) is 0.655. The maximum Gasteiger partial charge on any atom is 0.356 e. The summed E-state index contributed by atoms with van der Waals surface area (Å²) in [6, 6.07) is 11.3. The number of ether oxygens (including phenoxy) is 4. The maximum absolute atomic E-state index is 12.9. The molecule has 2 rings (SSSR count). The molecule has 0 amide bonds. The first-order valence-electron chi connectivity index (χ1n) is 14.8. The molecule has 0 unspecified atom stereocenters. The van der Waals surface area contributed by atoms with Crippen LogP contribution in [0.5, 0.6) is 11.8 Å². The fourth-order valence-electron chi connectivity index (χ4n) is 3.63. The average molecular weight is 662 g/mol. The summed E-state index contributed by atoms with van der Waals surface area (Å²) >= 11 is 0. The molecule has 0 saturated heterocycles. The fourth-order valence-corrected chi connectivity index (χ4v) is 7.24. The van der Waals surface area contributed by atoms with E-state index in [4.69, 9.17) is 37.0 Å². The average Bonchev–Trinajstić information content (AvgIpc) is 2.90. The lowest BCUT2D eigenvalue weighted by Gasteiger charge is -2.22. The lowest BCUT2D eigenvalue weighted by atomic mass is 10.2. The Hall–Kier alpha value is -2.08. The van der Waals surface area contributed by atoms with E-state index in [0.29, 0.717) is 12.5 Å². The molecule has 15 heteroatoms. The van der Waals surface area contributed by atoms with E-state index in [1.54, 1.807) is 55.4 Å². The van der Waals surface area contributed by atoms with Crippen molar-refractivity contribution >= 4 is 21.1 Å². The molecule has 0 aliphatic carbocycles. The second-order valence-electron chi connectivity index (χ2n) is 10.8. The Kier molecular flexibility index (Phi) is 16.8. The zero-order chi connectivity index (χ0) is 32.6. The summed E-state index contributed by atoms with van der Waals surface area (Å²) in [5.41, 5.74) is 1.04. The minimum Gasteiger partial charge on any atom is -0.475 e. The van der Waals surface area contributed by atoms with Crippen molar-refractivity contribution in [1.29, 1.82) is 0 Å². The lowest BCUT2D eigenvalue weighted by Crippen LogP contribution is -2.15. The van der Waals surface area contributed by atoms with Crippen LogP contribution in [0.25, 0.3) is 0 Å². The van der Waals surface area contributed by atoms with Crippen molar-refractivity contribution in [3.63, 3.8) is 0 Å². The van der Waals surface area contributed by atoms with Gasteiger partial charge in [-0.1, -0.05) is 30.3 Å². The van der Waals surface area contributed by atoms with Gasteiger partial charge in [-0.05, 0) is 61.0 Å². The molecule has 1 aromatic heterocycles. The zero-order valence-electron chi connectivity index (χ0n) is 27.1. The van der Waals surface area contributed by atoms with E-state index < -0.39 is 15.2 Å². The number of nitrogens with zero attached hydrogens (tertiary/aromatic N) is 2. The monoisotopic (exact) mass is 661 g/mol. The molecule has 0 aliphatic heterocycles. The third kappa shape index (κ3) is 16.3. The van der Waals surface area contributed by atoms with Crippen LogP contribution < -0.4 is 14.8 Å². The minimum atomic E-state index is -3.42. The molecule has 0 spiro atoms. The van der Waals surface area contributed by atoms with Gasteiger partial charge in [-0.25, -0.2) is 0 Å². The van der Waals surface area contributed by atoms with Crippen molar-refractivity contribution in [2.45, 2.75) is 86.4 Å². The van der Waals surface area contributed by atoms with Gasteiger partial charge < -0.3 is 42.4 Å². The minimum absolute atomic E-state index is 0.113. The third-order valence-electron chi connectivity index (χ3n) is 4.91. The number of hydrogen-bond acceptors (Lipinski definition) is 13. The number of rotatable bonds is 23. The summed E-state index contributed by atoms with van der Waals surface area (Å²) < 4.78 is 70.6. The lowest BCUT2D eigenvalue weighted by molar-refractivity contribution is 0.0834. The highest BCUT2D eigenvalue weighted by Gasteiger charge is 2.29. The summed E-state index contributed by atoms with van der Waals surface area (Å²) in [5.74, 6) is 0.786. The second kappa shape index (κ2) is 19.4. The highest BCUT2D eigenvalue weighted by atomic mass is 31.2. The number of anilines is 1. The van der Waals surface area contributed by atoms with Crippen molar-refractivity contribution in [3.05, 3.63) is 42.0 Å². The van der Waals surface area contributed by atoms with Gasteiger partial charge in [0.2, 0.25) is 17.7 Å². The van der Waals surface area contributed by atoms with Gasteiger partial charge in [0.25, 0.3) is 0 Å². The Bertz CT molecular complexity index is 1090. The predicted molar refractivity (Wildman–Crippen MR) is 169 cm³/mol. The largest absolute Gasteiger partial charge is 0.475 e. The van der Waals surface area contributed by atoms with Crippen LogP contribution in [-0.4, -0.2) is 73.5 Å². The number of nitrogens with one attached hydrogen (secondary N) is 1. The molecule has 13 nitrogen and oxygen atoms in total. The zero-order valence-corrected chi connectivity index (χ0v) is 28.9. The van der Waals surface area contributed by atoms with Gasteiger partial charge in [-0.3, -0.25) is 9.13 Å². The number of aromatic nitrogens is 2. The third-order valence-corrected chi connectivity index (χ3v) is 8.88. The molecule has 0 radical (unpaired) electrons. The van der Waals surface area contributed by atoms with Gasteiger partial charge in [-0.15, -0.1) is 0 Å². The molecule has 1 aromatic carbocycles. The van der Waals surface area contributed by atoms with E-state index in [1.165, 1.54) is 6.07 Å². The summed E-state index contributed by atoms with van der Waals surface area (Å²) in [5, 5.41) is 3.17. The van der Waals surface area contributed by atoms with E-state index >= 15 is 0 Å². The van der Waals surface area contributed by atoms with Crippen molar-refractivity contribution in [2.24, 2.45) is 0 Å². The van der Waals surface area contributed by atoms with Gasteiger partial charge >= 0.3 is 15.2 Å². The molecule has 0 fully saturated rings. The van der Waals surface area contributed by atoms with E-state index in [0.717, 1.165) is 5.56 Å². The van der Waals surface area contributed by atoms with Crippen molar-refractivity contribution in [3.8, 4) is 11.8 Å². The molecule has 0 aliphatic rings. The van der Waals surface area contributed by atoms with Crippen LogP contribution >= 0.6 is 15.2 Å². The summed E-state index contributed by atoms with van der Waals surface area (Å²) in [7, 11) is -6.84. The van der Waals surface area contributed by atoms with Crippen LogP contribution in [0, 0.1) is 0 Å². The molecule has 1 heterocycles. The number of hydrogen-bond donors (Lipinski definition) is 1. The summed E-state index contributed by atoms with van der Waals surface area (Å²) in [6.07, 6.45) is -1.53. The first-order valence-corrected chi connectivity index (χ1v) is 18.2. The first-order chi connectivity index (χ1) is 20.8. The molecular formula is C29H49N3O10P2. The molecule has 0 saturated carbocycles. The van der Waals surface area contributed by atoms with Gasteiger partial charge in [0.05, 0.1) is 43.7 Å². The van der Waals surface area contributed by atoms with Crippen LogP contribution in [0.3, 0.4) is 0 Å². The van der Waals surface area contributed by atoms with Crippen molar-refractivity contribution in [2.75, 3.05) is 44.4 Å². The Balaban J connectivity index is 1.98. The van der Waals surface area contributed by atoms with E-state index in [1.807, 2.05) is 30.3 Å². The van der Waals surface area contributed by atoms with Gasteiger partial charge in [0, 0.05) is 6.54 Å². The molecular weight excluding hydrogens is 612 g/mol. The maximum atomic E-state index is 12.9. The van der Waals surface area contributed by atoms with Gasteiger partial charge in [0.1, 0.15) is 25.9 Å². The Morgan fingerprint density at radius 1 is 0.636 bits per heavy atom. The summed E-state index contributed by atoms with van der Waals surface area (Å²) in [4.78, 5) is 8.84. The SMILES string of the molecule is CC(C)OP(=O)(COCCOc1cc(OCCOCP(=O)(OC(C)C)OC(C)C)nc(NCc2ccccc2)n1)OC(C)C.